The van der Waals surface area contributed by atoms with Gasteiger partial charge in [0.1, 0.15) is 24.5 Å². The molecule has 3 rings (SSSR count). The number of ether oxygens (including phenoxy) is 1. The molecule has 1 fully saturated rings. The first-order chi connectivity index (χ1) is 14.3. The molecule has 2 heterocycles. The van der Waals surface area contributed by atoms with Gasteiger partial charge in [-0.3, -0.25) is 19.4 Å². The molecule has 2 aliphatic heterocycles. The fraction of sp³-hybridized carbons (Fsp3) is 0.545. The van der Waals surface area contributed by atoms with Crippen molar-refractivity contribution in [1.29, 1.82) is 0 Å². The summed E-state index contributed by atoms with van der Waals surface area (Å²) in [5, 5.41) is 5.56. The lowest BCUT2D eigenvalue weighted by atomic mass is 10.0. The Balaban J connectivity index is 1.67. The maximum Gasteiger partial charge on any atom is 0.251 e. The Bertz CT molecular complexity index is 834. The minimum atomic E-state index is -0.733. The predicted molar refractivity (Wildman–Crippen MR) is 114 cm³/mol. The Morgan fingerprint density at radius 1 is 1.27 bits per heavy atom. The largest absolute Gasteiger partial charge is 0.368 e. The van der Waals surface area contributed by atoms with Gasteiger partial charge in [0.25, 0.3) is 5.91 Å². The van der Waals surface area contributed by atoms with E-state index in [4.69, 9.17) is 4.74 Å². The molecule has 3 atom stereocenters. The molecule has 0 unspecified atom stereocenters. The van der Waals surface area contributed by atoms with Gasteiger partial charge in [-0.25, -0.2) is 0 Å². The van der Waals surface area contributed by atoms with Crippen LogP contribution in [0.2, 0.25) is 0 Å². The van der Waals surface area contributed by atoms with Gasteiger partial charge in [0.15, 0.2) is 5.78 Å². The summed E-state index contributed by atoms with van der Waals surface area (Å²) in [7, 11) is 1.99. The van der Waals surface area contributed by atoms with Crippen molar-refractivity contribution in [3.05, 3.63) is 35.4 Å². The lowest BCUT2D eigenvalue weighted by Crippen LogP contribution is -2.53. The molecule has 0 bridgehead atoms. The summed E-state index contributed by atoms with van der Waals surface area (Å²) in [6, 6.07) is 5.79. The molecule has 0 saturated carbocycles. The van der Waals surface area contributed by atoms with Gasteiger partial charge in [-0.15, -0.1) is 0 Å². The number of nitrogens with one attached hydrogen (secondary N) is 2. The molecule has 8 heteroatoms. The first-order valence-corrected chi connectivity index (χ1v) is 10.4. The number of carbonyl (C=O) groups excluding carboxylic acids is 3. The second kappa shape index (κ2) is 9.38. The third-order valence-corrected chi connectivity index (χ3v) is 5.40. The number of amides is 2. The van der Waals surface area contributed by atoms with Crippen LogP contribution in [0.15, 0.2) is 29.3 Å². The summed E-state index contributed by atoms with van der Waals surface area (Å²) >= 11 is 0. The number of benzene rings is 1. The van der Waals surface area contributed by atoms with Crippen molar-refractivity contribution in [3.8, 4) is 0 Å². The number of amidine groups is 1. The topological polar surface area (TPSA) is 100 Å². The Morgan fingerprint density at radius 2 is 1.97 bits per heavy atom. The van der Waals surface area contributed by atoms with Gasteiger partial charge >= 0.3 is 0 Å². The molecule has 1 aromatic carbocycles. The zero-order valence-corrected chi connectivity index (χ0v) is 18.0. The summed E-state index contributed by atoms with van der Waals surface area (Å²) in [5.41, 5.74) is 1.42. The second-order valence-corrected chi connectivity index (χ2v) is 8.33. The van der Waals surface area contributed by atoms with E-state index in [0.717, 1.165) is 24.5 Å². The van der Waals surface area contributed by atoms with Gasteiger partial charge in [-0.1, -0.05) is 26.0 Å². The van der Waals surface area contributed by atoms with Crippen LogP contribution in [0.25, 0.3) is 0 Å². The summed E-state index contributed by atoms with van der Waals surface area (Å²) in [6.45, 7) is 7.36. The zero-order chi connectivity index (χ0) is 21.8. The van der Waals surface area contributed by atoms with Gasteiger partial charge in [-0.2, -0.15) is 0 Å². The van der Waals surface area contributed by atoms with Crippen LogP contribution >= 0.6 is 0 Å². The van der Waals surface area contributed by atoms with E-state index in [2.05, 4.69) is 20.5 Å². The first kappa shape index (κ1) is 22.0. The van der Waals surface area contributed by atoms with Crippen molar-refractivity contribution < 1.29 is 19.1 Å². The van der Waals surface area contributed by atoms with E-state index in [0.29, 0.717) is 12.0 Å². The lowest BCUT2D eigenvalue weighted by molar-refractivity contribution is -0.127. The molecule has 30 heavy (non-hydrogen) atoms. The minimum absolute atomic E-state index is 0.000147. The van der Waals surface area contributed by atoms with Gasteiger partial charge in [-0.05, 0) is 31.4 Å². The second-order valence-electron chi connectivity index (χ2n) is 8.33. The summed E-state index contributed by atoms with van der Waals surface area (Å²) in [4.78, 5) is 44.1. The average Bonchev–Trinajstić information content (AvgIpc) is 3.27. The van der Waals surface area contributed by atoms with Crippen LogP contribution in [0.3, 0.4) is 0 Å². The average molecular weight is 415 g/mol. The lowest BCUT2D eigenvalue weighted by Gasteiger charge is -2.23. The fourth-order valence-corrected chi connectivity index (χ4v) is 3.67. The number of hydrogen-bond acceptors (Lipinski definition) is 6. The maximum absolute atomic E-state index is 12.8. The normalized spacial score (nSPS) is 22.2. The number of hydrogen-bond donors (Lipinski definition) is 2. The molecule has 2 N–H and O–H groups in total. The molecule has 0 radical (unpaired) electrons. The highest BCUT2D eigenvalue weighted by molar-refractivity contribution is 6.02. The number of Topliss-reactive ketones (excluding diaryl/α,β-unsaturated/α-hetero) is 1. The summed E-state index contributed by atoms with van der Waals surface area (Å²) in [6.07, 6.45) is 0.0916. The van der Waals surface area contributed by atoms with Crippen molar-refractivity contribution in [2.75, 3.05) is 26.7 Å². The Hall–Kier alpha value is -2.74. The monoisotopic (exact) mass is 414 g/mol. The van der Waals surface area contributed by atoms with Crippen LogP contribution in [0.5, 0.6) is 0 Å². The standard InChI is InChI=1S/C22H30N4O4/c1-13(2)11-17(22(29)25-19-14(3)30-12-18(19)27)24-21(28)16-7-5-15(6-8-16)20-23-9-10-26(20)4/h5-8,13-14,17,19H,9-12H2,1-4H3,(H,24,28)(H,25,29)/t14-,17+,19+/m1/s1. The van der Waals surface area contributed by atoms with E-state index in [1.165, 1.54) is 0 Å². The van der Waals surface area contributed by atoms with E-state index in [9.17, 15) is 14.4 Å². The van der Waals surface area contributed by atoms with Gasteiger partial charge in [0, 0.05) is 24.7 Å². The molecule has 0 spiro atoms. The number of aliphatic imine (C=N–C) groups is 1. The molecule has 162 valence electrons. The number of rotatable bonds is 7. The highest BCUT2D eigenvalue weighted by atomic mass is 16.5. The van der Waals surface area contributed by atoms with Crippen LogP contribution in [-0.4, -0.2) is 73.3 Å². The van der Waals surface area contributed by atoms with Gasteiger partial charge in [0.05, 0.1) is 12.6 Å². The Kier molecular flexibility index (Phi) is 6.87. The number of nitrogens with zero attached hydrogens (tertiary/aromatic N) is 2. The zero-order valence-electron chi connectivity index (χ0n) is 18.0. The van der Waals surface area contributed by atoms with Crippen molar-refractivity contribution in [3.63, 3.8) is 0 Å². The first-order valence-electron chi connectivity index (χ1n) is 10.4. The van der Waals surface area contributed by atoms with E-state index < -0.39 is 12.1 Å². The van der Waals surface area contributed by atoms with Crippen LogP contribution in [0.4, 0.5) is 0 Å². The summed E-state index contributed by atoms with van der Waals surface area (Å²) in [5.74, 6) is 0.252. The smallest absolute Gasteiger partial charge is 0.251 e. The van der Waals surface area contributed by atoms with Gasteiger partial charge < -0.3 is 20.3 Å². The molecular formula is C22H30N4O4. The van der Waals surface area contributed by atoms with Crippen molar-refractivity contribution in [2.24, 2.45) is 10.9 Å². The van der Waals surface area contributed by atoms with E-state index >= 15 is 0 Å². The highest BCUT2D eigenvalue weighted by Crippen LogP contribution is 2.14. The number of carbonyl (C=O) groups is 3. The Morgan fingerprint density at radius 3 is 2.50 bits per heavy atom. The van der Waals surface area contributed by atoms with Crippen molar-refractivity contribution >= 4 is 23.4 Å². The molecule has 8 nitrogen and oxygen atoms in total. The molecule has 1 saturated heterocycles. The maximum atomic E-state index is 12.8. The Labute approximate surface area is 177 Å². The summed E-state index contributed by atoms with van der Waals surface area (Å²) < 4.78 is 5.29. The predicted octanol–water partition coefficient (Wildman–Crippen LogP) is 0.996. The van der Waals surface area contributed by atoms with Crippen LogP contribution in [0, 0.1) is 5.92 Å². The van der Waals surface area contributed by atoms with E-state index in [1.807, 2.05) is 33.0 Å². The van der Waals surface area contributed by atoms with Gasteiger partial charge in [0.2, 0.25) is 5.91 Å². The highest BCUT2D eigenvalue weighted by Gasteiger charge is 2.35. The molecule has 0 aromatic heterocycles. The van der Waals surface area contributed by atoms with E-state index in [1.54, 1.807) is 19.1 Å². The number of ketones is 1. The van der Waals surface area contributed by atoms with Crippen molar-refractivity contribution in [2.45, 2.75) is 45.4 Å². The quantitative estimate of drug-likeness (QED) is 0.693. The van der Waals surface area contributed by atoms with Crippen LogP contribution < -0.4 is 10.6 Å². The SMILES string of the molecule is CC(C)C[C@H](NC(=O)c1ccc(C2=NCCN2C)cc1)C(=O)N[C@@H]1C(=O)CO[C@@H]1C. The molecular weight excluding hydrogens is 384 g/mol. The molecule has 2 amide bonds. The number of likely N-dealkylation sites (N-methyl/N-ethyl adjacent to an activating group) is 1. The molecule has 1 aromatic rings. The molecule has 0 aliphatic carbocycles. The third-order valence-electron chi connectivity index (χ3n) is 5.40. The fourth-order valence-electron chi connectivity index (χ4n) is 3.67. The van der Waals surface area contributed by atoms with E-state index in [-0.39, 0.29) is 36.2 Å². The molecule has 2 aliphatic rings. The van der Waals surface area contributed by atoms with Crippen LogP contribution in [-0.2, 0) is 14.3 Å². The third kappa shape index (κ3) is 5.05. The minimum Gasteiger partial charge on any atom is -0.368 e. The van der Waals surface area contributed by atoms with Crippen molar-refractivity contribution in [1.82, 2.24) is 15.5 Å². The van der Waals surface area contributed by atoms with Crippen LogP contribution in [0.1, 0.15) is 43.1 Å².